The predicted octanol–water partition coefficient (Wildman–Crippen LogP) is 3.58. The molecule has 0 radical (unpaired) electrons. The predicted molar refractivity (Wildman–Crippen MR) is 71.8 cm³/mol. The number of halogens is 2. The summed E-state index contributed by atoms with van der Waals surface area (Å²) in [5.41, 5.74) is 1.85. The van der Waals surface area contributed by atoms with Crippen molar-refractivity contribution in [3.05, 3.63) is 64.7 Å². The number of nitrogens with one attached hydrogen (secondary N) is 1. The molecule has 5 heteroatoms. The van der Waals surface area contributed by atoms with Crippen LogP contribution in [0, 0.1) is 18.6 Å². The molecular weight excluding hydrogens is 264 g/mol. The van der Waals surface area contributed by atoms with Crippen LogP contribution in [-0.4, -0.2) is 11.1 Å². The summed E-state index contributed by atoms with van der Waals surface area (Å²) in [6, 6.07) is 8.16. The van der Waals surface area contributed by atoms with E-state index in [4.69, 9.17) is 5.11 Å². The maximum atomic E-state index is 13.4. The van der Waals surface area contributed by atoms with Gasteiger partial charge in [0.25, 0.3) is 0 Å². The molecule has 0 fully saturated rings. The van der Waals surface area contributed by atoms with Gasteiger partial charge in [-0.15, -0.1) is 0 Å². The van der Waals surface area contributed by atoms with Crippen molar-refractivity contribution in [2.45, 2.75) is 13.5 Å². The average molecular weight is 277 g/mol. The summed E-state index contributed by atoms with van der Waals surface area (Å²) in [6.07, 6.45) is 0. The second kappa shape index (κ2) is 5.69. The number of carbonyl (C=O) groups is 1. The Morgan fingerprint density at radius 2 is 1.95 bits per heavy atom. The first-order chi connectivity index (χ1) is 9.47. The van der Waals surface area contributed by atoms with E-state index in [2.05, 4.69) is 5.32 Å². The highest BCUT2D eigenvalue weighted by Gasteiger charge is 2.08. The number of aromatic carboxylic acids is 1. The first-order valence-corrected chi connectivity index (χ1v) is 5.99. The van der Waals surface area contributed by atoms with Gasteiger partial charge >= 0.3 is 5.97 Å². The third-order valence-electron chi connectivity index (χ3n) is 2.95. The van der Waals surface area contributed by atoms with Gasteiger partial charge in [0.05, 0.1) is 5.56 Å². The van der Waals surface area contributed by atoms with E-state index < -0.39 is 17.6 Å². The Morgan fingerprint density at radius 1 is 1.20 bits per heavy atom. The molecule has 0 aromatic heterocycles. The van der Waals surface area contributed by atoms with Gasteiger partial charge in [-0.3, -0.25) is 0 Å². The molecule has 2 N–H and O–H groups in total. The molecule has 0 bridgehead atoms. The molecule has 0 spiro atoms. The summed E-state index contributed by atoms with van der Waals surface area (Å²) in [4.78, 5) is 10.9. The van der Waals surface area contributed by atoms with E-state index in [0.29, 0.717) is 16.8 Å². The molecule has 2 aromatic rings. The van der Waals surface area contributed by atoms with Gasteiger partial charge in [0.2, 0.25) is 0 Å². The lowest BCUT2D eigenvalue weighted by Gasteiger charge is -2.09. The highest BCUT2D eigenvalue weighted by atomic mass is 19.1. The monoisotopic (exact) mass is 277 g/mol. The Labute approximate surface area is 114 Å². The highest BCUT2D eigenvalue weighted by Crippen LogP contribution is 2.17. The molecule has 0 amide bonds. The number of carboxylic acids is 1. The van der Waals surface area contributed by atoms with Gasteiger partial charge in [0, 0.05) is 23.9 Å². The third-order valence-corrected chi connectivity index (χ3v) is 2.95. The van der Waals surface area contributed by atoms with E-state index in [0.717, 1.165) is 6.07 Å². The molecule has 0 unspecified atom stereocenters. The van der Waals surface area contributed by atoms with Gasteiger partial charge < -0.3 is 10.4 Å². The maximum Gasteiger partial charge on any atom is 0.335 e. The molecule has 0 saturated carbocycles. The second-order valence-corrected chi connectivity index (χ2v) is 4.42. The topological polar surface area (TPSA) is 49.3 Å². The van der Waals surface area contributed by atoms with Crippen LogP contribution in [0.5, 0.6) is 0 Å². The minimum Gasteiger partial charge on any atom is -0.478 e. The highest BCUT2D eigenvalue weighted by molar-refractivity contribution is 5.89. The first kappa shape index (κ1) is 14.0. The van der Waals surface area contributed by atoms with Gasteiger partial charge in [-0.1, -0.05) is 6.07 Å². The first-order valence-electron chi connectivity index (χ1n) is 5.99. The summed E-state index contributed by atoms with van der Waals surface area (Å²) in [7, 11) is 0. The van der Waals surface area contributed by atoms with Gasteiger partial charge in [-0.2, -0.15) is 0 Å². The van der Waals surface area contributed by atoms with E-state index in [1.54, 1.807) is 19.1 Å². The Kier molecular flexibility index (Phi) is 3.98. The van der Waals surface area contributed by atoms with Gasteiger partial charge in [-0.05, 0) is 36.8 Å². The van der Waals surface area contributed by atoms with Crippen molar-refractivity contribution >= 4 is 11.7 Å². The molecule has 0 aliphatic rings. The van der Waals surface area contributed by atoms with Crippen molar-refractivity contribution in [2.75, 3.05) is 5.32 Å². The van der Waals surface area contributed by atoms with Gasteiger partial charge in [0.15, 0.2) is 0 Å². The standard InChI is InChI=1S/C15H13F2NO2/c1-9-6-12(4-5-13(9)15(19)20)18-8-10-2-3-11(16)7-14(10)17/h2-7,18H,8H2,1H3,(H,19,20). The van der Waals surface area contributed by atoms with E-state index >= 15 is 0 Å². The second-order valence-electron chi connectivity index (χ2n) is 4.42. The minimum absolute atomic E-state index is 0.192. The van der Waals surface area contributed by atoms with Crippen LogP contribution >= 0.6 is 0 Å². The lowest BCUT2D eigenvalue weighted by Crippen LogP contribution is -2.04. The Bertz CT molecular complexity index is 656. The lowest BCUT2D eigenvalue weighted by atomic mass is 10.1. The molecule has 0 aliphatic heterocycles. The lowest BCUT2D eigenvalue weighted by molar-refractivity contribution is 0.0696. The Balaban J connectivity index is 2.11. The Hall–Kier alpha value is -2.43. The van der Waals surface area contributed by atoms with Crippen LogP contribution in [0.15, 0.2) is 36.4 Å². The summed E-state index contributed by atoms with van der Waals surface area (Å²) < 4.78 is 26.2. The molecule has 3 nitrogen and oxygen atoms in total. The van der Waals surface area contributed by atoms with Gasteiger partial charge in [-0.25, -0.2) is 13.6 Å². The van der Waals surface area contributed by atoms with Gasteiger partial charge in [0.1, 0.15) is 11.6 Å². The van der Waals surface area contributed by atoms with Crippen LogP contribution in [0.4, 0.5) is 14.5 Å². The summed E-state index contributed by atoms with van der Waals surface area (Å²) in [5.74, 6) is -2.22. The van der Waals surface area contributed by atoms with Crippen molar-refractivity contribution in [2.24, 2.45) is 0 Å². The van der Waals surface area contributed by atoms with Crippen molar-refractivity contribution in [3.63, 3.8) is 0 Å². The number of hydrogen-bond donors (Lipinski definition) is 2. The quantitative estimate of drug-likeness (QED) is 0.898. The largest absolute Gasteiger partial charge is 0.478 e. The molecule has 0 heterocycles. The summed E-state index contributed by atoms with van der Waals surface area (Å²) >= 11 is 0. The van der Waals surface area contributed by atoms with Crippen molar-refractivity contribution in [1.29, 1.82) is 0 Å². The number of benzene rings is 2. The average Bonchev–Trinajstić information content (AvgIpc) is 2.37. The number of hydrogen-bond acceptors (Lipinski definition) is 2. The molecule has 20 heavy (non-hydrogen) atoms. The molecule has 2 rings (SSSR count). The zero-order valence-corrected chi connectivity index (χ0v) is 10.8. The number of carboxylic acid groups (broad SMARTS) is 1. The zero-order chi connectivity index (χ0) is 14.7. The Morgan fingerprint density at radius 3 is 2.55 bits per heavy atom. The SMILES string of the molecule is Cc1cc(NCc2ccc(F)cc2F)ccc1C(=O)O. The van der Waals surface area contributed by atoms with Crippen LogP contribution in [0.2, 0.25) is 0 Å². The zero-order valence-electron chi connectivity index (χ0n) is 10.8. The fourth-order valence-electron chi connectivity index (χ4n) is 1.88. The van der Waals surface area contributed by atoms with Crippen LogP contribution < -0.4 is 5.32 Å². The number of rotatable bonds is 4. The van der Waals surface area contributed by atoms with Crippen LogP contribution in [0.1, 0.15) is 21.5 Å². The van der Waals surface area contributed by atoms with E-state index in [9.17, 15) is 13.6 Å². The van der Waals surface area contributed by atoms with E-state index in [-0.39, 0.29) is 12.1 Å². The molecule has 0 aliphatic carbocycles. The molecule has 104 valence electrons. The summed E-state index contributed by atoms with van der Waals surface area (Å²) in [5, 5.41) is 11.9. The van der Waals surface area contributed by atoms with Crippen LogP contribution in [-0.2, 0) is 6.54 Å². The fourth-order valence-corrected chi connectivity index (χ4v) is 1.88. The fraction of sp³-hybridized carbons (Fsp3) is 0.133. The van der Waals surface area contributed by atoms with Crippen LogP contribution in [0.3, 0.4) is 0 Å². The van der Waals surface area contributed by atoms with Crippen molar-refractivity contribution in [3.8, 4) is 0 Å². The molecular formula is C15H13F2NO2. The minimum atomic E-state index is -0.987. The number of aryl methyl sites for hydroxylation is 1. The normalized spacial score (nSPS) is 10.3. The van der Waals surface area contributed by atoms with E-state index in [1.165, 1.54) is 18.2 Å². The van der Waals surface area contributed by atoms with E-state index in [1.807, 2.05) is 0 Å². The van der Waals surface area contributed by atoms with Crippen molar-refractivity contribution < 1.29 is 18.7 Å². The maximum absolute atomic E-state index is 13.4. The van der Waals surface area contributed by atoms with Crippen molar-refractivity contribution in [1.82, 2.24) is 0 Å². The van der Waals surface area contributed by atoms with Crippen LogP contribution in [0.25, 0.3) is 0 Å². The molecule has 2 aromatic carbocycles. The molecule has 0 saturated heterocycles. The third kappa shape index (κ3) is 3.12. The smallest absolute Gasteiger partial charge is 0.335 e. The molecule has 0 atom stereocenters. The summed E-state index contributed by atoms with van der Waals surface area (Å²) in [6.45, 7) is 1.88. The number of anilines is 1.